The SMILES string of the molecule is C[C@@H](O)c1ccc(OCc2ccc(Cl)cc2F)c(Cl)c1. The van der Waals surface area contributed by atoms with Gasteiger partial charge in [-0.05, 0) is 36.8 Å². The van der Waals surface area contributed by atoms with Crippen molar-refractivity contribution in [2.75, 3.05) is 0 Å². The summed E-state index contributed by atoms with van der Waals surface area (Å²) < 4.78 is 19.1. The Bertz CT molecular complexity index is 615. The zero-order valence-corrected chi connectivity index (χ0v) is 12.2. The van der Waals surface area contributed by atoms with Gasteiger partial charge in [0.15, 0.2) is 0 Å². The topological polar surface area (TPSA) is 29.5 Å². The zero-order valence-electron chi connectivity index (χ0n) is 10.7. The molecule has 5 heteroatoms. The molecule has 0 saturated carbocycles. The van der Waals surface area contributed by atoms with E-state index in [1.54, 1.807) is 37.3 Å². The minimum Gasteiger partial charge on any atom is -0.487 e. The summed E-state index contributed by atoms with van der Waals surface area (Å²) in [5.41, 5.74) is 1.09. The van der Waals surface area contributed by atoms with Crippen molar-refractivity contribution in [3.05, 3.63) is 63.4 Å². The Balaban J connectivity index is 2.11. The van der Waals surface area contributed by atoms with Gasteiger partial charge < -0.3 is 9.84 Å². The lowest BCUT2D eigenvalue weighted by Crippen LogP contribution is -1.99. The Morgan fingerprint density at radius 2 is 1.95 bits per heavy atom. The molecule has 0 aromatic heterocycles. The molecule has 0 radical (unpaired) electrons. The van der Waals surface area contributed by atoms with E-state index in [2.05, 4.69) is 0 Å². The highest BCUT2D eigenvalue weighted by atomic mass is 35.5. The van der Waals surface area contributed by atoms with Crippen LogP contribution in [-0.2, 0) is 6.61 Å². The quantitative estimate of drug-likeness (QED) is 0.881. The first kappa shape index (κ1) is 15.1. The monoisotopic (exact) mass is 314 g/mol. The second kappa shape index (κ2) is 6.44. The van der Waals surface area contributed by atoms with Gasteiger partial charge >= 0.3 is 0 Å². The fourth-order valence-electron chi connectivity index (χ4n) is 1.69. The summed E-state index contributed by atoms with van der Waals surface area (Å²) in [6.45, 7) is 1.70. The lowest BCUT2D eigenvalue weighted by Gasteiger charge is -2.11. The Kier molecular flexibility index (Phi) is 4.86. The van der Waals surface area contributed by atoms with E-state index in [1.165, 1.54) is 6.07 Å². The van der Waals surface area contributed by atoms with Crippen molar-refractivity contribution in [3.8, 4) is 5.75 Å². The number of benzene rings is 2. The molecule has 2 rings (SSSR count). The van der Waals surface area contributed by atoms with E-state index in [0.29, 0.717) is 26.9 Å². The van der Waals surface area contributed by atoms with E-state index in [-0.39, 0.29) is 6.61 Å². The van der Waals surface area contributed by atoms with Crippen LogP contribution in [0.2, 0.25) is 10.0 Å². The molecular formula is C15H13Cl2FO2. The maximum absolute atomic E-state index is 13.6. The van der Waals surface area contributed by atoms with Crippen molar-refractivity contribution >= 4 is 23.2 Å². The average molecular weight is 315 g/mol. The lowest BCUT2D eigenvalue weighted by atomic mass is 10.1. The van der Waals surface area contributed by atoms with Crippen LogP contribution in [0.1, 0.15) is 24.2 Å². The standard InChI is InChI=1S/C15H13Cl2FO2/c1-9(19)10-3-5-15(13(17)6-10)20-8-11-2-4-12(16)7-14(11)18/h2-7,9,19H,8H2,1H3/t9-/m1/s1. The summed E-state index contributed by atoms with van der Waals surface area (Å²) in [5, 5.41) is 10.2. The smallest absolute Gasteiger partial charge is 0.138 e. The third-order valence-corrected chi connectivity index (χ3v) is 3.37. The van der Waals surface area contributed by atoms with Crippen LogP contribution in [0, 0.1) is 5.82 Å². The van der Waals surface area contributed by atoms with Crippen LogP contribution < -0.4 is 4.74 Å². The maximum Gasteiger partial charge on any atom is 0.138 e. The highest BCUT2D eigenvalue weighted by Gasteiger charge is 2.08. The highest BCUT2D eigenvalue weighted by molar-refractivity contribution is 6.32. The summed E-state index contributed by atoms with van der Waals surface area (Å²) in [6, 6.07) is 9.39. The molecule has 1 N–H and O–H groups in total. The molecule has 0 unspecified atom stereocenters. The van der Waals surface area contributed by atoms with E-state index >= 15 is 0 Å². The molecule has 0 aliphatic rings. The zero-order chi connectivity index (χ0) is 14.7. The van der Waals surface area contributed by atoms with Crippen molar-refractivity contribution < 1.29 is 14.2 Å². The first-order valence-electron chi connectivity index (χ1n) is 6.01. The van der Waals surface area contributed by atoms with Gasteiger partial charge in [0.1, 0.15) is 18.2 Å². The number of hydrogen-bond acceptors (Lipinski definition) is 2. The van der Waals surface area contributed by atoms with Crippen LogP contribution in [0.15, 0.2) is 36.4 Å². The van der Waals surface area contributed by atoms with Gasteiger partial charge in [0.2, 0.25) is 0 Å². The summed E-state index contributed by atoms with van der Waals surface area (Å²) in [5.74, 6) is 0.0136. The Morgan fingerprint density at radius 1 is 1.20 bits per heavy atom. The Morgan fingerprint density at radius 3 is 2.55 bits per heavy atom. The van der Waals surface area contributed by atoms with Crippen LogP contribution in [0.5, 0.6) is 5.75 Å². The first-order chi connectivity index (χ1) is 9.47. The Labute approximate surface area is 126 Å². The first-order valence-corrected chi connectivity index (χ1v) is 6.77. The number of rotatable bonds is 4. The van der Waals surface area contributed by atoms with Gasteiger partial charge in [-0.3, -0.25) is 0 Å². The molecule has 0 fully saturated rings. The van der Waals surface area contributed by atoms with Crippen molar-refractivity contribution in [1.29, 1.82) is 0 Å². The second-order valence-corrected chi connectivity index (χ2v) is 5.23. The number of halogens is 3. The maximum atomic E-state index is 13.6. The number of aliphatic hydroxyl groups excluding tert-OH is 1. The molecule has 2 aromatic rings. The van der Waals surface area contributed by atoms with Crippen LogP contribution in [0.4, 0.5) is 4.39 Å². The van der Waals surface area contributed by atoms with Gasteiger partial charge in [-0.2, -0.15) is 0 Å². The summed E-state index contributed by atoms with van der Waals surface area (Å²) >= 11 is 11.7. The molecule has 2 aromatic carbocycles. The van der Waals surface area contributed by atoms with Crippen LogP contribution in [0.3, 0.4) is 0 Å². The average Bonchev–Trinajstić information content (AvgIpc) is 2.38. The fourth-order valence-corrected chi connectivity index (χ4v) is 2.09. The Hall–Kier alpha value is -1.29. The summed E-state index contributed by atoms with van der Waals surface area (Å²) in [7, 11) is 0. The minimum absolute atomic E-state index is 0.0523. The van der Waals surface area contributed by atoms with E-state index in [0.717, 1.165) is 0 Å². The summed E-state index contributed by atoms with van der Waals surface area (Å²) in [4.78, 5) is 0. The largest absolute Gasteiger partial charge is 0.487 e. The number of aliphatic hydroxyl groups is 1. The van der Waals surface area contributed by atoms with E-state index in [4.69, 9.17) is 27.9 Å². The molecule has 0 spiro atoms. The van der Waals surface area contributed by atoms with Crippen molar-refractivity contribution in [3.63, 3.8) is 0 Å². The van der Waals surface area contributed by atoms with E-state index < -0.39 is 11.9 Å². The molecule has 1 atom stereocenters. The van der Waals surface area contributed by atoms with Gasteiger partial charge in [-0.25, -0.2) is 4.39 Å². The van der Waals surface area contributed by atoms with Gasteiger partial charge in [-0.15, -0.1) is 0 Å². The fraction of sp³-hybridized carbons (Fsp3) is 0.200. The van der Waals surface area contributed by atoms with Crippen molar-refractivity contribution in [1.82, 2.24) is 0 Å². The van der Waals surface area contributed by atoms with Gasteiger partial charge in [0, 0.05) is 10.6 Å². The van der Waals surface area contributed by atoms with Gasteiger partial charge in [0.05, 0.1) is 11.1 Å². The third-order valence-electron chi connectivity index (χ3n) is 2.84. The molecule has 0 heterocycles. The van der Waals surface area contributed by atoms with Crippen LogP contribution in [-0.4, -0.2) is 5.11 Å². The van der Waals surface area contributed by atoms with E-state index in [9.17, 15) is 9.50 Å². The molecule has 2 nitrogen and oxygen atoms in total. The molecule has 106 valence electrons. The molecule has 0 bridgehead atoms. The van der Waals surface area contributed by atoms with E-state index in [1.807, 2.05) is 0 Å². The van der Waals surface area contributed by atoms with Gasteiger partial charge in [0.25, 0.3) is 0 Å². The molecule has 0 amide bonds. The normalized spacial score (nSPS) is 12.2. The molecule has 0 aliphatic carbocycles. The number of hydrogen-bond donors (Lipinski definition) is 1. The third kappa shape index (κ3) is 3.63. The second-order valence-electron chi connectivity index (χ2n) is 4.39. The molecular weight excluding hydrogens is 302 g/mol. The van der Waals surface area contributed by atoms with Crippen LogP contribution >= 0.6 is 23.2 Å². The lowest BCUT2D eigenvalue weighted by molar-refractivity contribution is 0.199. The van der Waals surface area contributed by atoms with Gasteiger partial charge in [-0.1, -0.05) is 35.3 Å². The molecule has 0 saturated heterocycles. The predicted octanol–water partition coefficient (Wildman–Crippen LogP) is 4.76. The van der Waals surface area contributed by atoms with Crippen LogP contribution in [0.25, 0.3) is 0 Å². The molecule has 20 heavy (non-hydrogen) atoms. The molecule has 0 aliphatic heterocycles. The predicted molar refractivity (Wildman–Crippen MR) is 77.8 cm³/mol. The van der Waals surface area contributed by atoms with Crippen molar-refractivity contribution in [2.45, 2.75) is 19.6 Å². The highest BCUT2D eigenvalue weighted by Crippen LogP contribution is 2.29. The number of ether oxygens (including phenoxy) is 1. The minimum atomic E-state index is -0.602. The summed E-state index contributed by atoms with van der Waals surface area (Å²) in [6.07, 6.45) is -0.602. The van der Waals surface area contributed by atoms with Crippen molar-refractivity contribution in [2.24, 2.45) is 0 Å².